The van der Waals surface area contributed by atoms with Gasteiger partial charge in [-0.05, 0) is 42.8 Å². The second-order valence-corrected chi connectivity index (χ2v) is 5.85. The van der Waals surface area contributed by atoms with Crippen molar-refractivity contribution in [2.24, 2.45) is 0 Å². The molecule has 0 spiro atoms. The molecule has 1 heterocycles. The minimum atomic E-state index is -0.391. The third kappa shape index (κ3) is 3.38. The van der Waals surface area contributed by atoms with E-state index in [2.05, 4.69) is 5.32 Å². The average Bonchev–Trinajstić information content (AvgIpc) is 2.83. The molecule has 2 aromatic rings. The molecule has 0 aromatic heterocycles. The number of imide groups is 1. The highest BCUT2D eigenvalue weighted by molar-refractivity contribution is 6.21. The van der Waals surface area contributed by atoms with Gasteiger partial charge in [0, 0.05) is 12.6 Å². The molecule has 2 aromatic carbocycles. The lowest BCUT2D eigenvalue weighted by Crippen LogP contribution is -2.28. The summed E-state index contributed by atoms with van der Waals surface area (Å²) in [6.07, 6.45) is 0. The SMILES string of the molecule is Cc1cccc(OCCNC(=O)c2ccc3c(c2)C(=O)N(C)C3=O)c1. The van der Waals surface area contributed by atoms with Gasteiger partial charge in [-0.3, -0.25) is 19.3 Å². The van der Waals surface area contributed by atoms with Crippen LogP contribution in [0.25, 0.3) is 0 Å². The maximum Gasteiger partial charge on any atom is 0.261 e. The first-order valence-corrected chi connectivity index (χ1v) is 7.91. The van der Waals surface area contributed by atoms with Gasteiger partial charge in [0.25, 0.3) is 17.7 Å². The topological polar surface area (TPSA) is 75.7 Å². The third-order valence-corrected chi connectivity index (χ3v) is 4.00. The molecule has 0 aliphatic carbocycles. The van der Waals surface area contributed by atoms with Gasteiger partial charge < -0.3 is 10.1 Å². The van der Waals surface area contributed by atoms with Gasteiger partial charge in [-0.2, -0.15) is 0 Å². The molecule has 6 heteroatoms. The summed E-state index contributed by atoms with van der Waals surface area (Å²) in [6.45, 7) is 2.64. The molecule has 1 N–H and O–H groups in total. The van der Waals surface area contributed by atoms with Crippen molar-refractivity contribution in [2.45, 2.75) is 6.92 Å². The van der Waals surface area contributed by atoms with E-state index in [-0.39, 0.29) is 17.4 Å². The largest absolute Gasteiger partial charge is 0.492 e. The Bertz CT molecular complexity index is 860. The summed E-state index contributed by atoms with van der Waals surface area (Å²) in [4.78, 5) is 37.1. The minimum absolute atomic E-state index is 0.260. The molecule has 1 aliphatic heterocycles. The second-order valence-electron chi connectivity index (χ2n) is 5.85. The van der Waals surface area contributed by atoms with E-state index >= 15 is 0 Å². The number of fused-ring (bicyclic) bond motifs is 1. The fourth-order valence-corrected chi connectivity index (χ4v) is 2.64. The van der Waals surface area contributed by atoms with Crippen LogP contribution in [0.5, 0.6) is 5.75 Å². The number of amides is 3. The standard InChI is InChI=1S/C19H18N2O4/c1-12-4-3-5-14(10-12)25-9-8-20-17(22)13-6-7-15-16(11-13)19(24)21(2)18(15)23/h3-7,10-11H,8-9H2,1-2H3,(H,20,22). The summed E-state index contributed by atoms with van der Waals surface area (Å²) in [5.41, 5.74) is 2.03. The molecule has 0 unspecified atom stereocenters. The van der Waals surface area contributed by atoms with Crippen LogP contribution in [0, 0.1) is 6.92 Å². The number of aryl methyl sites for hydroxylation is 1. The van der Waals surface area contributed by atoms with Crippen molar-refractivity contribution in [3.05, 3.63) is 64.7 Å². The molecular weight excluding hydrogens is 320 g/mol. The molecule has 3 rings (SSSR count). The molecular formula is C19H18N2O4. The molecule has 0 atom stereocenters. The van der Waals surface area contributed by atoms with Gasteiger partial charge in [0.05, 0.1) is 17.7 Å². The number of benzene rings is 2. The first-order chi connectivity index (χ1) is 12.0. The highest BCUT2D eigenvalue weighted by Gasteiger charge is 2.33. The number of hydrogen-bond donors (Lipinski definition) is 1. The fraction of sp³-hybridized carbons (Fsp3) is 0.211. The molecule has 3 amide bonds. The normalized spacial score (nSPS) is 13.0. The molecule has 0 fully saturated rings. The van der Waals surface area contributed by atoms with E-state index in [1.54, 1.807) is 6.07 Å². The number of rotatable bonds is 5. The number of nitrogens with one attached hydrogen (secondary N) is 1. The van der Waals surface area contributed by atoms with Gasteiger partial charge in [0.15, 0.2) is 0 Å². The van der Waals surface area contributed by atoms with Gasteiger partial charge in [-0.25, -0.2) is 0 Å². The smallest absolute Gasteiger partial charge is 0.261 e. The Hall–Kier alpha value is -3.15. The van der Waals surface area contributed by atoms with Crippen LogP contribution >= 0.6 is 0 Å². The second kappa shape index (κ2) is 6.76. The summed E-state index contributed by atoms with van der Waals surface area (Å²) in [6, 6.07) is 12.2. The predicted octanol–water partition coefficient (Wildman–Crippen LogP) is 2.03. The van der Waals surface area contributed by atoms with Crippen LogP contribution in [0.15, 0.2) is 42.5 Å². The first kappa shape index (κ1) is 16.7. The molecule has 0 saturated carbocycles. The fourth-order valence-electron chi connectivity index (χ4n) is 2.64. The Labute approximate surface area is 145 Å². The number of nitrogens with zero attached hydrogens (tertiary/aromatic N) is 1. The van der Waals surface area contributed by atoms with Crippen LogP contribution in [-0.2, 0) is 0 Å². The molecule has 0 bridgehead atoms. The van der Waals surface area contributed by atoms with E-state index < -0.39 is 5.91 Å². The zero-order chi connectivity index (χ0) is 18.0. The molecule has 1 aliphatic rings. The van der Waals surface area contributed by atoms with Gasteiger partial charge in [-0.1, -0.05) is 12.1 Å². The van der Waals surface area contributed by atoms with Gasteiger partial charge in [0.2, 0.25) is 0 Å². The van der Waals surface area contributed by atoms with Crippen molar-refractivity contribution in [1.82, 2.24) is 10.2 Å². The zero-order valence-electron chi connectivity index (χ0n) is 14.0. The molecule has 128 valence electrons. The number of carbonyl (C=O) groups is 3. The van der Waals surface area contributed by atoms with Crippen molar-refractivity contribution < 1.29 is 19.1 Å². The van der Waals surface area contributed by atoms with Gasteiger partial charge in [0.1, 0.15) is 12.4 Å². The van der Waals surface area contributed by atoms with Crippen LogP contribution in [-0.4, -0.2) is 42.8 Å². The molecule has 25 heavy (non-hydrogen) atoms. The Morgan fingerprint density at radius 1 is 1.08 bits per heavy atom. The van der Waals surface area contributed by atoms with Crippen molar-refractivity contribution in [2.75, 3.05) is 20.2 Å². The number of carbonyl (C=O) groups excluding carboxylic acids is 3. The Kier molecular flexibility index (Phi) is 4.52. The molecule has 0 radical (unpaired) electrons. The highest BCUT2D eigenvalue weighted by Crippen LogP contribution is 2.22. The van der Waals surface area contributed by atoms with Crippen molar-refractivity contribution in [3.63, 3.8) is 0 Å². The van der Waals surface area contributed by atoms with Crippen molar-refractivity contribution in [1.29, 1.82) is 0 Å². The summed E-state index contributed by atoms with van der Waals surface area (Å²) < 4.78 is 5.57. The number of hydrogen-bond acceptors (Lipinski definition) is 4. The van der Waals surface area contributed by atoms with Gasteiger partial charge >= 0.3 is 0 Å². The third-order valence-electron chi connectivity index (χ3n) is 4.00. The summed E-state index contributed by atoms with van der Waals surface area (Å²) >= 11 is 0. The van der Waals surface area contributed by atoms with Crippen LogP contribution in [0.1, 0.15) is 36.6 Å². The van der Waals surface area contributed by atoms with Gasteiger partial charge in [-0.15, -0.1) is 0 Å². The zero-order valence-corrected chi connectivity index (χ0v) is 14.0. The predicted molar refractivity (Wildman–Crippen MR) is 91.9 cm³/mol. The van der Waals surface area contributed by atoms with Crippen LogP contribution in [0.4, 0.5) is 0 Å². The van der Waals surface area contributed by atoms with Crippen LogP contribution in [0.3, 0.4) is 0 Å². The van der Waals surface area contributed by atoms with E-state index in [0.29, 0.717) is 24.3 Å². The summed E-state index contributed by atoms with van der Waals surface area (Å²) in [5.74, 6) is -0.305. The van der Waals surface area contributed by atoms with E-state index in [9.17, 15) is 14.4 Å². The lowest BCUT2D eigenvalue weighted by molar-refractivity contribution is 0.0693. The number of ether oxygens (including phenoxy) is 1. The van der Waals surface area contributed by atoms with E-state index in [4.69, 9.17) is 4.74 Å². The summed E-state index contributed by atoms with van der Waals surface area (Å²) in [5, 5.41) is 2.74. The molecule has 0 saturated heterocycles. The lowest BCUT2D eigenvalue weighted by atomic mass is 10.1. The van der Waals surface area contributed by atoms with Crippen LogP contribution < -0.4 is 10.1 Å². The van der Waals surface area contributed by atoms with Crippen molar-refractivity contribution in [3.8, 4) is 5.75 Å². The summed E-state index contributed by atoms with van der Waals surface area (Å²) in [7, 11) is 1.42. The molecule has 6 nitrogen and oxygen atoms in total. The van der Waals surface area contributed by atoms with Crippen LogP contribution in [0.2, 0.25) is 0 Å². The quantitative estimate of drug-likeness (QED) is 0.668. The average molecular weight is 338 g/mol. The first-order valence-electron chi connectivity index (χ1n) is 7.91. The Balaban J connectivity index is 1.57. The van der Waals surface area contributed by atoms with E-state index in [0.717, 1.165) is 16.2 Å². The van der Waals surface area contributed by atoms with E-state index in [1.807, 2.05) is 31.2 Å². The Morgan fingerprint density at radius 2 is 1.84 bits per heavy atom. The maximum absolute atomic E-state index is 12.2. The minimum Gasteiger partial charge on any atom is -0.492 e. The lowest BCUT2D eigenvalue weighted by Gasteiger charge is -2.08. The van der Waals surface area contributed by atoms with E-state index in [1.165, 1.54) is 19.2 Å². The maximum atomic E-state index is 12.2. The monoisotopic (exact) mass is 338 g/mol. The highest BCUT2D eigenvalue weighted by atomic mass is 16.5. The Morgan fingerprint density at radius 3 is 2.60 bits per heavy atom. The van der Waals surface area contributed by atoms with Crippen molar-refractivity contribution >= 4 is 17.7 Å².